The average molecular weight is 365 g/mol. The minimum absolute atomic E-state index is 0.0144. The maximum absolute atomic E-state index is 13.1. The summed E-state index contributed by atoms with van der Waals surface area (Å²) in [7, 11) is 0. The number of hydrogen-bond acceptors (Lipinski definition) is 6. The molecule has 0 aliphatic carbocycles. The normalized spacial score (nSPS) is 19.3. The number of ether oxygens (including phenoxy) is 2. The van der Waals surface area contributed by atoms with E-state index in [0.29, 0.717) is 42.6 Å². The average Bonchev–Trinajstić information content (AvgIpc) is 3.22. The molecule has 1 fully saturated rings. The summed E-state index contributed by atoms with van der Waals surface area (Å²) in [4.78, 5) is 23.3. The molecular weight excluding hydrogens is 346 g/mol. The number of rotatable bonds is 2. The lowest BCUT2D eigenvalue weighted by Crippen LogP contribution is -2.39. The van der Waals surface area contributed by atoms with Crippen LogP contribution < -0.4 is 9.47 Å². The highest BCUT2D eigenvalue weighted by atomic mass is 16.6. The Morgan fingerprint density at radius 3 is 2.93 bits per heavy atom. The molecule has 0 N–H and O–H groups in total. The Morgan fingerprint density at radius 1 is 1.11 bits per heavy atom. The fourth-order valence-electron chi connectivity index (χ4n) is 3.83. The second kappa shape index (κ2) is 6.53. The van der Waals surface area contributed by atoms with Crippen LogP contribution in [0, 0.1) is 0 Å². The van der Waals surface area contributed by atoms with Crippen molar-refractivity contribution in [2.45, 2.75) is 18.8 Å². The first-order chi connectivity index (χ1) is 13.3. The highest BCUT2D eigenvalue weighted by Crippen LogP contribution is 2.32. The second-order valence-electron chi connectivity index (χ2n) is 6.79. The van der Waals surface area contributed by atoms with E-state index in [1.807, 2.05) is 23.1 Å². The summed E-state index contributed by atoms with van der Waals surface area (Å²) in [6.07, 6.45) is 5.21. The molecule has 3 aromatic rings. The van der Waals surface area contributed by atoms with Gasteiger partial charge in [-0.2, -0.15) is 10.1 Å². The predicted octanol–water partition coefficient (Wildman–Crippen LogP) is 1.92. The Morgan fingerprint density at radius 2 is 2.00 bits per heavy atom. The Balaban J connectivity index is 1.39. The van der Waals surface area contributed by atoms with Gasteiger partial charge in [-0.25, -0.2) is 9.50 Å². The number of amides is 1. The quantitative estimate of drug-likeness (QED) is 0.690. The zero-order chi connectivity index (χ0) is 18.2. The minimum Gasteiger partial charge on any atom is -0.486 e. The SMILES string of the molecule is O=C(c1ccc2c(c1)OCCO2)N1CCC[C@H](c2ccnc3ncnn23)C1. The Hall–Kier alpha value is -3.16. The zero-order valence-corrected chi connectivity index (χ0v) is 14.7. The highest BCUT2D eigenvalue weighted by molar-refractivity contribution is 5.95. The van der Waals surface area contributed by atoms with Gasteiger partial charge in [0.2, 0.25) is 0 Å². The van der Waals surface area contributed by atoms with Crippen molar-refractivity contribution in [3.8, 4) is 11.5 Å². The molecule has 2 aliphatic rings. The number of carbonyl (C=O) groups is 1. The third-order valence-corrected chi connectivity index (χ3v) is 5.13. The third kappa shape index (κ3) is 2.87. The zero-order valence-electron chi connectivity index (χ0n) is 14.7. The van der Waals surface area contributed by atoms with Crippen LogP contribution in [0.2, 0.25) is 0 Å². The molecular formula is C19H19N5O3. The second-order valence-corrected chi connectivity index (χ2v) is 6.79. The maximum atomic E-state index is 13.1. The summed E-state index contributed by atoms with van der Waals surface area (Å²) in [5, 5.41) is 4.28. The van der Waals surface area contributed by atoms with Crippen molar-refractivity contribution >= 4 is 11.7 Å². The molecule has 5 rings (SSSR count). The van der Waals surface area contributed by atoms with E-state index >= 15 is 0 Å². The predicted molar refractivity (Wildman–Crippen MR) is 96.1 cm³/mol. The number of nitrogens with zero attached hydrogens (tertiary/aromatic N) is 5. The molecule has 8 nitrogen and oxygen atoms in total. The lowest BCUT2D eigenvalue weighted by Gasteiger charge is -2.33. The summed E-state index contributed by atoms with van der Waals surface area (Å²) in [5.74, 6) is 2.13. The van der Waals surface area contributed by atoms with Crippen LogP contribution in [0.4, 0.5) is 0 Å². The molecule has 2 aliphatic heterocycles. The lowest BCUT2D eigenvalue weighted by atomic mass is 9.94. The Labute approximate surface area is 155 Å². The molecule has 2 aromatic heterocycles. The van der Waals surface area contributed by atoms with E-state index in [2.05, 4.69) is 15.1 Å². The fourth-order valence-corrected chi connectivity index (χ4v) is 3.83. The van der Waals surface area contributed by atoms with E-state index in [4.69, 9.17) is 9.47 Å². The van der Waals surface area contributed by atoms with E-state index in [1.54, 1.807) is 16.8 Å². The smallest absolute Gasteiger partial charge is 0.254 e. The molecule has 0 saturated carbocycles. The van der Waals surface area contributed by atoms with Crippen LogP contribution in [-0.4, -0.2) is 56.7 Å². The molecule has 0 unspecified atom stereocenters. The van der Waals surface area contributed by atoms with Gasteiger partial charge in [0.25, 0.3) is 11.7 Å². The molecule has 1 saturated heterocycles. The molecule has 0 spiro atoms. The van der Waals surface area contributed by atoms with E-state index in [1.165, 1.54) is 6.33 Å². The van der Waals surface area contributed by atoms with Crippen LogP contribution in [0.15, 0.2) is 36.8 Å². The van der Waals surface area contributed by atoms with Gasteiger partial charge in [0.05, 0.1) is 5.69 Å². The van der Waals surface area contributed by atoms with Crippen molar-refractivity contribution in [3.63, 3.8) is 0 Å². The van der Waals surface area contributed by atoms with Gasteiger partial charge >= 0.3 is 0 Å². The Kier molecular flexibility index (Phi) is 3.88. The van der Waals surface area contributed by atoms with Crippen LogP contribution in [0.25, 0.3) is 5.78 Å². The van der Waals surface area contributed by atoms with Gasteiger partial charge in [0, 0.05) is 30.8 Å². The van der Waals surface area contributed by atoms with Crippen molar-refractivity contribution in [2.24, 2.45) is 0 Å². The first-order valence-electron chi connectivity index (χ1n) is 9.13. The Bertz CT molecular complexity index is 1000. The fraction of sp³-hybridized carbons (Fsp3) is 0.368. The minimum atomic E-state index is 0.0144. The van der Waals surface area contributed by atoms with Gasteiger partial charge in [-0.15, -0.1) is 0 Å². The number of likely N-dealkylation sites (tertiary alicyclic amines) is 1. The first kappa shape index (κ1) is 16.0. The van der Waals surface area contributed by atoms with Crippen LogP contribution in [-0.2, 0) is 0 Å². The molecule has 1 atom stereocenters. The monoisotopic (exact) mass is 365 g/mol. The number of carbonyl (C=O) groups excluding carboxylic acids is 1. The summed E-state index contributed by atoms with van der Waals surface area (Å²) >= 11 is 0. The summed E-state index contributed by atoms with van der Waals surface area (Å²) in [6.45, 7) is 2.44. The van der Waals surface area contributed by atoms with Crippen LogP contribution in [0.5, 0.6) is 11.5 Å². The van der Waals surface area contributed by atoms with Gasteiger partial charge in [0.1, 0.15) is 19.5 Å². The number of benzene rings is 1. The van der Waals surface area contributed by atoms with E-state index < -0.39 is 0 Å². The number of fused-ring (bicyclic) bond motifs is 2. The van der Waals surface area contributed by atoms with Crippen molar-refractivity contribution in [1.82, 2.24) is 24.5 Å². The van der Waals surface area contributed by atoms with Gasteiger partial charge in [-0.3, -0.25) is 4.79 Å². The molecule has 138 valence electrons. The van der Waals surface area contributed by atoms with Crippen LogP contribution >= 0.6 is 0 Å². The van der Waals surface area contributed by atoms with Gasteiger partial charge < -0.3 is 14.4 Å². The molecule has 0 radical (unpaired) electrons. The van der Waals surface area contributed by atoms with Crippen molar-refractivity contribution < 1.29 is 14.3 Å². The number of piperidine rings is 1. The van der Waals surface area contributed by atoms with E-state index in [9.17, 15) is 4.79 Å². The molecule has 0 bridgehead atoms. The third-order valence-electron chi connectivity index (χ3n) is 5.13. The van der Waals surface area contributed by atoms with Gasteiger partial charge in [0.15, 0.2) is 11.5 Å². The highest BCUT2D eigenvalue weighted by Gasteiger charge is 2.28. The van der Waals surface area contributed by atoms with E-state index in [-0.39, 0.29) is 11.8 Å². The van der Waals surface area contributed by atoms with Crippen LogP contribution in [0.3, 0.4) is 0 Å². The standard InChI is InChI=1S/C19H19N5O3/c25-18(13-3-4-16-17(10-13)27-9-8-26-16)23-7-1-2-14(11-23)15-5-6-20-19-21-12-22-24(15)19/h3-6,10,12,14H,1-2,7-9,11H2/t14-/m0/s1. The molecule has 1 aromatic carbocycles. The first-order valence-corrected chi connectivity index (χ1v) is 9.13. The maximum Gasteiger partial charge on any atom is 0.254 e. The molecule has 4 heterocycles. The molecule has 1 amide bonds. The van der Waals surface area contributed by atoms with Crippen molar-refractivity contribution in [3.05, 3.63) is 48.0 Å². The molecule has 27 heavy (non-hydrogen) atoms. The summed E-state index contributed by atoms with van der Waals surface area (Å²) in [5.41, 5.74) is 1.66. The van der Waals surface area contributed by atoms with Crippen molar-refractivity contribution in [1.29, 1.82) is 0 Å². The number of hydrogen-bond donors (Lipinski definition) is 0. The molecule has 8 heteroatoms. The lowest BCUT2D eigenvalue weighted by molar-refractivity contribution is 0.0704. The van der Waals surface area contributed by atoms with Gasteiger partial charge in [-0.1, -0.05) is 0 Å². The topological polar surface area (TPSA) is 81.9 Å². The van der Waals surface area contributed by atoms with Gasteiger partial charge in [-0.05, 0) is 37.1 Å². The number of aromatic nitrogens is 4. The van der Waals surface area contributed by atoms with Crippen LogP contribution in [0.1, 0.15) is 34.8 Å². The van der Waals surface area contributed by atoms with Crippen molar-refractivity contribution in [2.75, 3.05) is 26.3 Å². The summed E-state index contributed by atoms with van der Waals surface area (Å²) < 4.78 is 12.9. The van der Waals surface area contributed by atoms with E-state index in [0.717, 1.165) is 25.1 Å². The summed E-state index contributed by atoms with van der Waals surface area (Å²) in [6, 6.07) is 7.36. The largest absolute Gasteiger partial charge is 0.486 e.